The van der Waals surface area contributed by atoms with Crippen LogP contribution in [-0.2, 0) is 28.5 Å². The standard InChI is InChI=1S/C36H42N2O2.ClH/c1-35(2)29-17-10-13-26-15-12-23-38(34(26)29)31(35)19-7-4-6-16-28-25-37-24-21-27-14-11-18-30(33(27)37)36(28,3)22-9-5-8-20-32(39)40;/h4,6-7,10-11,13-14,16-19,25H,5,8-9,12,15,20-24H2,1-3H3,(H,39,40);1H/b7-4+,16-6+,31-19+;. The summed E-state index contributed by atoms with van der Waals surface area (Å²) in [6.45, 7) is 9.32. The molecular weight excluding hydrogens is 528 g/mol. The number of carboxylic acid groups (broad SMARTS) is 1. The van der Waals surface area contributed by atoms with Crippen molar-refractivity contribution in [1.29, 1.82) is 0 Å². The van der Waals surface area contributed by atoms with Crippen molar-refractivity contribution in [1.82, 2.24) is 0 Å². The Kier molecular flexibility index (Phi) is 8.36. The predicted molar refractivity (Wildman–Crippen MR) is 163 cm³/mol. The minimum atomic E-state index is -0.695. The van der Waals surface area contributed by atoms with Crippen LogP contribution >= 0.6 is 0 Å². The van der Waals surface area contributed by atoms with E-state index in [1.807, 2.05) is 0 Å². The van der Waals surface area contributed by atoms with Gasteiger partial charge in [-0.3, -0.25) is 9.69 Å². The molecule has 5 heteroatoms. The zero-order chi connectivity index (χ0) is 27.9. The van der Waals surface area contributed by atoms with Gasteiger partial charge in [-0.25, -0.2) is 0 Å². The molecule has 2 aromatic rings. The second-order valence-electron chi connectivity index (χ2n) is 12.7. The normalized spacial score (nSPS) is 24.5. The first kappa shape index (κ1) is 29.4. The van der Waals surface area contributed by atoms with Crippen LogP contribution in [0.1, 0.15) is 81.5 Å². The van der Waals surface area contributed by atoms with E-state index in [1.54, 1.807) is 0 Å². The summed E-state index contributed by atoms with van der Waals surface area (Å²) in [6, 6.07) is 13.7. The summed E-state index contributed by atoms with van der Waals surface area (Å²) in [4.78, 5) is 15.0. The summed E-state index contributed by atoms with van der Waals surface area (Å²) in [5.41, 5.74) is 11.5. The first-order valence-electron chi connectivity index (χ1n) is 15.2. The second-order valence-corrected chi connectivity index (χ2v) is 12.7. The first-order chi connectivity index (χ1) is 19.3. The minimum Gasteiger partial charge on any atom is -1.00 e. The molecule has 0 aliphatic carbocycles. The number of nitrogens with one attached hydrogen (secondary N) is 1. The largest absolute Gasteiger partial charge is 1.00 e. The van der Waals surface area contributed by atoms with Gasteiger partial charge in [-0.2, -0.15) is 0 Å². The first-order valence-corrected chi connectivity index (χ1v) is 15.2. The molecule has 4 heterocycles. The van der Waals surface area contributed by atoms with Gasteiger partial charge in [0.1, 0.15) is 11.9 Å². The van der Waals surface area contributed by atoms with Crippen molar-refractivity contribution in [3.05, 3.63) is 107 Å². The van der Waals surface area contributed by atoms with Crippen molar-refractivity contribution in [3.8, 4) is 0 Å². The average Bonchev–Trinajstić information content (AvgIpc) is 3.44. The Hall–Kier alpha value is -3.08. The maximum Gasteiger partial charge on any atom is 0.303 e. The van der Waals surface area contributed by atoms with E-state index < -0.39 is 5.97 Å². The Morgan fingerprint density at radius 2 is 1.76 bits per heavy atom. The Morgan fingerprint density at radius 3 is 2.56 bits per heavy atom. The van der Waals surface area contributed by atoms with Crippen LogP contribution in [0.3, 0.4) is 0 Å². The number of carboxylic acids is 1. The second kappa shape index (κ2) is 11.7. The van der Waals surface area contributed by atoms with Crippen LogP contribution in [0.2, 0.25) is 0 Å². The molecule has 0 spiro atoms. The highest BCUT2D eigenvalue weighted by atomic mass is 35.5. The maximum absolute atomic E-state index is 11.0. The molecule has 216 valence electrons. The Labute approximate surface area is 251 Å². The van der Waals surface area contributed by atoms with Gasteiger partial charge >= 0.3 is 5.97 Å². The quantitative estimate of drug-likeness (QED) is 0.357. The van der Waals surface area contributed by atoms with Crippen LogP contribution in [0.4, 0.5) is 11.4 Å². The summed E-state index contributed by atoms with van der Waals surface area (Å²) >= 11 is 0. The highest BCUT2D eigenvalue weighted by molar-refractivity contribution is 5.75. The van der Waals surface area contributed by atoms with Gasteiger partial charge in [0.15, 0.2) is 0 Å². The molecule has 2 N–H and O–H groups in total. The molecule has 4 aliphatic rings. The number of anilines is 1. The number of allylic oxidation sites excluding steroid dienone is 7. The number of unbranched alkanes of at least 4 members (excludes halogenated alkanes) is 2. The third kappa shape index (κ3) is 5.21. The van der Waals surface area contributed by atoms with Gasteiger partial charge in [-0.15, -0.1) is 0 Å². The lowest BCUT2D eigenvalue weighted by Crippen LogP contribution is -3.02. The molecule has 2 aromatic carbocycles. The molecular formula is C36H43ClN2O2. The number of hydrogen-bond donors (Lipinski definition) is 2. The third-order valence-corrected chi connectivity index (χ3v) is 9.84. The van der Waals surface area contributed by atoms with Gasteiger partial charge in [-0.05, 0) is 42.9 Å². The number of aliphatic carboxylic acids is 1. The van der Waals surface area contributed by atoms with Crippen LogP contribution in [0.25, 0.3) is 0 Å². The third-order valence-electron chi connectivity index (χ3n) is 9.84. The molecule has 2 unspecified atom stereocenters. The van der Waals surface area contributed by atoms with Crippen LogP contribution in [-0.4, -0.2) is 24.2 Å². The molecule has 0 radical (unpaired) electrons. The van der Waals surface area contributed by atoms with E-state index in [0.717, 1.165) is 45.2 Å². The minimum absolute atomic E-state index is 0. The fraction of sp³-hybridized carbons (Fsp3) is 0.417. The van der Waals surface area contributed by atoms with Crippen molar-refractivity contribution in [2.75, 3.05) is 18.0 Å². The Balaban J connectivity index is 0.00000337. The van der Waals surface area contributed by atoms with E-state index in [9.17, 15) is 4.79 Å². The molecule has 0 bridgehead atoms. The number of para-hydroxylation sites is 2. The van der Waals surface area contributed by atoms with Gasteiger partial charge in [0, 0.05) is 58.3 Å². The smallest absolute Gasteiger partial charge is 0.303 e. The molecule has 41 heavy (non-hydrogen) atoms. The molecule has 0 aromatic heterocycles. The van der Waals surface area contributed by atoms with Gasteiger partial charge in [-0.1, -0.05) is 94.3 Å². The van der Waals surface area contributed by atoms with Crippen LogP contribution in [0.15, 0.2) is 84.2 Å². The van der Waals surface area contributed by atoms with Crippen molar-refractivity contribution >= 4 is 17.3 Å². The van der Waals surface area contributed by atoms with Crippen molar-refractivity contribution in [3.63, 3.8) is 0 Å². The van der Waals surface area contributed by atoms with E-state index in [2.05, 4.69) is 98.6 Å². The van der Waals surface area contributed by atoms with Crippen molar-refractivity contribution < 1.29 is 27.2 Å². The zero-order valence-corrected chi connectivity index (χ0v) is 25.4. The summed E-state index contributed by atoms with van der Waals surface area (Å²) < 4.78 is 0. The summed E-state index contributed by atoms with van der Waals surface area (Å²) in [5.74, 6) is -0.695. The zero-order valence-electron chi connectivity index (χ0n) is 24.7. The predicted octanol–water partition coefficient (Wildman–Crippen LogP) is 3.69. The number of halogens is 1. The molecule has 4 nitrogen and oxygen atoms in total. The molecule has 2 atom stereocenters. The molecule has 4 aliphatic heterocycles. The van der Waals surface area contributed by atoms with Gasteiger partial charge in [0.2, 0.25) is 0 Å². The monoisotopic (exact) mass is 570 g/mol. The highest BCUT2D eigenvalue weighted by Crippen LogP contribution is 2.51. The van der Waals surface area contributed by atoms with Crippen molar-refractivity contribution in [2.45, 2.75) is 83.0 Å². The van der Waals surface area contributed by atoms with E-state index in [1.165, 1.54) is 62.6 Å². The lowest BCUT2D eigenvalue weighted by Gasteiger charge is -2.36. The average molecular weight is 571 g/mol. The molecule has 0 saturated heterocycles. The van der Waals surface area contributed by atoms with Crippen LogP contribution < -0.4 is 22.2 Å². The van der Waals surface area contributed by atoms with E-state index in [-0.39, 0.29) is 29.7 Å². The van der Waals surface area contributed by atoms with Crippen LogP contribution in [0, 0.1) is 0 Å². The van der Waals surface area contributed by atoms with Crippen molar-refractivity contribution in [2.24, 2.45) is 0 Å². The molecule has 0 fully saturated rings. The number of quaternary nitrogens is 1. The van der Waals surface area contributed by atoms with E-state index >= 15 is 0 Å². The number of carbonyl (C=O) groups is 1. The lowest BCUT2D eigenvalue weighted by atomic mass is 9.69. The summed E-state index contributed by atoms with van der Waals surface area (Å²) in [5, 5.41) is 9.05. The maximum atomic E-state index is 11.0. The Morgan fingerprint density at radius 1 is 0.976 bits per heavy atom. The van der Waals surface area contributed by atoms with E-state index in [0.29, 0.717) is 0 Å². The molecule has 0 amide bonds. The topological polar surface area (TPSA) is 45.0 Å². The van der Waals surface area contributed by atoms with E-state index in [4.69, 9.17) is 5.11 Å². The summed E-state index contributed by atoms with van der Waals surface area (Å²) in [6.07, 6.45) is 21.3. The van der Waals surface area contributed by atoms with Gasteiger partial charge in [0.05, 0.1) is 6.54 Å². The summed E-state index contributed by atoms with van der Waals surface area (Å²) in [7, 11) is 0. The number of hydrogen-bond acceptors (Lipinski definition) is 2. The molecule has 0 saturated carbocycles. The Bertz CT molecular complexity index is 1450. The SMILES string of the molecule is CC1(CCCCCC(=O)O)C(/C=C/C=C/C=C2/N3CCCc4cccc(c43)C2(C)C)=C[NH+]2CCc3cccc1c32.[Cl-]. The molecule has 6 rings (SSSR count). The van der Waals surface area contributed by atoms with Gasteiger partial charge in [0.25, 0.3) is 0 Å². The number of rotatable bonds is 9. The number of benzene rings is 2. The number of aryl methyl sites for hydroxylation is 1. The van der Waals surface area contributed by atoms with Gasteiger partial charge < -0.3 is 22.4 Å². The van der Waals surface area contributed by atoms with Crippen LogP contribution in [0.5, 0.6) is 0 Å². The lowest BCUT2D eigenvalue weighted by molar-refractivity contribution is -0.770. The fourth-order valence-electron chi connectivity index (χ4n) is 7.67. The number of nitrogens with zero attached hydrogens (tertiary/aromatic N) is 1. The highest BCUT2D eigenvalue weighted by Gasteiger charge is 2.43. The fourth-order valence-corrected chi connectivity index (χ4v) is 7.67.